The fourth-order valence-electron chi connectivity index (χ4n) is 1.72. The molecule has 0 spiro atoms. The maximum absolute atomic E-state index is 5.87. The van der Waals surface area contributed by atoms with Gasteiger partial charge in [-0.3, -0.25) is 0 Å². The summed E-state index contributed by atoms with van der Waals surface area (Å²) in [6, 6.07) is 7.70. The highest BCUT2D eigenvalue weighted by Crippen LogP contribution is 2.16. The molecule has 90 valence electrons. The zero-order chi connectivity index (χ0) is 12.3. The summed E-state index contributed by atoms with van der Waals surface area (Å²) in [5, 5.41) is 8.45. The summed E-state index contributed by atoms with van der Waals surface area (Å²) in [6.45, 7) is 5.99. The summed E-state index contributed by atoms with van der Waals surface area (Å²) >= 11 is 5.87. The van der Waals surface area contributed by atoms with Crippen LogP contribution in [0.2, 0.25) is 5.02 Å². The molecule has 0 radical (unpaired) electrons. The first kappa shape index (κ1) is 12.1. The van der Waals surface area contributed by atoms with Crippen LogP contribution >= 0.6 is 11.6 Å². The Morgan fingerprint density at radius 2 is 2.00 bits per heavy atom. The van der Waals surface area contributed by atoms with Gasteiger partial charge in [0.25, 0.3) is 0 Å². The standard InChI is InChI=1S/C13H16ClN3/c1-3-15-8-11-9-16-17(10(11)2)13-6-4-12(14)5-7-13/h4-7,9,15H,3,8H2,1-2H3. The van der Waals surface area contributed by atoms with Crippen LogP contribution in [-0.4, -0.2) is 16.3 Å². The molecule has 0 unspecified atom stereocenters. The van der Waals surface area contributed by atoms with Crippen molar-refractivity contribution in [2.45, 2.75) is 20.4 Å². The molecule has 0 aliphatic rings. The summed E-state index contributed by atoms with van der Waals surface area (Å²) in [6.07, 6.45) is 1.91. The molecule has 0 fully saturated rings. The third kappa shape index (κ3) is 2.68. The van der Waals surface area contributed by atoms with E-state index in [1.54, 1.807) is 0 Å². The van der Waals surface area contributed by atoms with Crippen LogP contribution in [0.25, 0.3) is 5.69 Å². The first-order chi connectivity index (χ1) is 8.22. The molecular weight excluding hydrogens is 234 g/mol. The zero-order valence-corrected chi connectivity index (χ0v) is 10.8. The van der Waals surface area contributed by atoms with Crippen molar-refractivity contribution < 1.29 is 0 Å². The van der Waals surface area contributed by atoms with Crippen molar-refractivity contribution in [3.63, 3.8) is 0 Å². The van der Waals surface area contributed by atoms with Gasteiger partial charge >= 0.3 is 0 Å². The molecule has 0 aliphatic carbocycles. The zero-order valence-electron chi connectivity index (χ0n) is 10.1. The summed E-state index contributed by atoms with van der Waals surface area (Å²) in [5.74, 6) is 0. The van der Waals surface area contributed by atoms with Gasteiger partial charge in [-0.25, -0.2) is 4.68 Å². The Kier molecular flexibility index (Phi) is 3.82. The van der Waals surface area contributed by atoms with E-state index in [1.165, 1.54) is 5.56 Å². The molecule has 0 bridgehead atoms. The molecule has 2 rings (SSSR count). The van der Waals surface area contributed by atoms with Gasteiger partial charge in [0, 0.05) is 22.8 Å². The molecule has 2 aromatic rings. The van der Waals surface area contributed by atoms with E-state index >= 15 is 0 Å². The first-order valence-corrected chi connectivity index (χ1v) is 6.10. The molecule has 0 aliphatic heterocycles. The molecule has 1 aromatic carbocycles. The smallest absolute Gasteiger partial charge is 0.0649 e. The van der Waals surface area contributed by atoms with Crippen molar-refractivity contribution in [2.75, 3.05) is 6.54 Å². The maximum atomic E-state index is 5.87. The Bertz CT molecular complexity index is 488. The van der Waals surface area contributed by atoms with Crippen LogP contribution in [0.3, 0.4) is 0 Å². The van der Waals surface area contributed by atoms with Crippen molar-refractivity contribution in [1.29, 1.82) is 0 Å². The number of hydrogen-bond donors (Lipinski definition) is 1. The van der Waals surface area contributed by atoms with E-state index < -0.39 is 0 Å². The first-order valence-electron chi connectivity index (χ1n) is 5.72. The summed E-state index contributed by atoms with van der Waals surface area (Å²) in [7, 11) is 0. The van der Waals surface area contributed by atoms with Gasteiger partial charge in [0.2, 0.25) is 0 Å². The Labute approximate surface area is 106 Å². The van der Waals surface area contributed by atoms with E-state index in [9.17, 15) is 0 Å². The lowest BCUT2D eigenvalue weighted by Crippen LogP contribution is -2.12. The molecule has 4 heteroatoms. The summed E-state index contributed by atoms with van der Waals surface area (Å²) < 4.78 is 1.93. The van der Waals surface area contributed by atoms with Gasteiger partial charge in [-0.1, -0.05) is 18.5 Å². The number of rotatable bonds is 4. The van der Waals surface area contributed by atoms with Crippen LogP contribution in [0, 0.1) is 6.92 Å². The van der Waals surface area contributed by atoms with Gasteiger partial charge in [0.1, 0.15) is 0 Å². The molecule has 1 aromatic heterocycles. The second-order valence-corrected chi connectivity index (χ2v) is 4.36. The number of hydrogen-bond acceptors (Lipinski definition) is 2. The average molecular weight is 250 g/mol. The van der Waals surface area contributed by atoms with Gasteiger partial charge in [-0.05, 0) is 37.7 Å². The second kappa shape index (κ2) is 5.34. The predicted molar refractivity (Wildman–Crippen MR) is 70.7 cm³/mol. The molecule has 1 heterocycles. The van der Waals surface area contributed by atoms with Crippen LogP contribution in [0.1, 0.15) is 18.2 Å². The molecule has 17 heavy (non-hydrogen) atoms. The van der Waals surface area contributed by atoms with Gasteiger partial charge in [-0.15, -0.1) is 0 Å². The number of halogens is 1. The predicted octanol–water partition coefficient (Wildman–Crippen LogP) is 2.94. The lowest BCUT2D eigenvalue weighted by atomic mass is 10.2. The van der Waals surface area contributed by atoms with E-state index in [1.807, 2.05) is 35.1 Å². The minimum atomic E-state index is 0.742. The Balaban J connectivity index is 2.27. The topological polar surface area (TPSA) is 29.9 Å². The molecule has 3 nitrogen and oxygen atoms in total. The van der Waals surface area contributed by atoms with E-state index in [0.29, 0.717) is 0 Å². The lowest BCUT2D eigenvalue weighted by molar-refractivity contribution is 0.721. The highest BCUT2D eigenvalue weighted by molar-refractivity contribution is 6.30. The normalized spacial score (nSPS) is 10.8. The van der Waals surface area contributed by atoms with Gasteiger partial charge in [0.15, 0.2) is 0 Å². The van der Waals surface area contributed by atoms with Crippen LogP contribution in [0.4, 0.5) is 0 Å². The molecule has 1 N–H and O–H groups in total. The average Bonchev–Trinajstić information content (AvgIpc) is 2.69. The van der Waals surface area contributed by atoms with Crippen LogP contribution in [-0.2, 0) is 6.54 Å². The van der Waals surface area contributed by atoms with Crippen molar-refractivity contribution in [2.24, 2.45) is 0 Å². The van der Waals surface area contributed by atoms with Gasteiger partial charge < -0.3 is 5.32 Å². The Morgan fingerprint density at radius 3 is 2.65 bits per heavy atom. The molecule has 0 saturated carbocycles. The SMILES string of the molecule is CCNCc1cnn(-c2ccc(Cl)cc2)c1C. The number of nitrogens with one attached hydrogen (secondary N) is 1. The molecule has 0 atom stereocenters. The van der Waals surface area contributed by atoms with Crippen LogP contribution in [0.15, 0.2) is 30.5 Å². The van der Waals surface area contributed by atoms with Crippen LogP contribution < -0.4 is 5.32 Å². The summed E-state index contributed by atoms with van der Waals surface area (Å²) in [4.78, 5) is 0. The number of nitrogens with zero attached hydrogens (tertiary/aromatic N) is 2. The highest BCUT2D eigenvalue weighted by atomic mass is 35.5. The molecule has 0 amide bonds. The molecule has 0 saturated heterocycles. The maximum Gasteiger partial charge on any atom is 0.0649 e. The fourth-order valence-corrected chi connectivity index (χ4v) is 1.85. The van der Waals surface area contributed by atoms with E-state index in [0.717, 1.165) is 29.5 Å². The van der Waals surface area contributed by atoms with Gasteiger partial charge in [0.05, 0.1) is 11.9 Å². The minimum absolute atomic E-state index is 0.742. The minimum Gasteiger partial charge on any atom is -0.313 e. The quantitative estimate of drug-likeness (QED) is 0.903. The Morgan fingerprint density at radius 1 is 1.29 bits per heavy atom. The number of aromatic nitrogens is 2. The monoisotopic (exact) mass is 249 g/mol. The lowest BCUT2D eigenvalue weighted by Gasteiger charge is -2.06. The summed E-state index contributed by atoms with van der Waals surface area (Å²) in [5.41, 5.74) is 3.42. The third-order valence-corrected chi connectivity index (χ3v) is 3.00. The van der Waals surface area contributed by atoms with Crippen LogP contribution in [0.5, 0.6) is 0 Å². The van der Waals surface area contributed by atoms with E-state index in [2.05, 4.69) is 24.3 Å². The fraction of sp³-hybridized carbons (Fsp3) is 0.308. The van der Waals surface area contributed by atoms with Crippen molar-refractivity contribution in [3.05, 3.63) is 46.7 Å². The van der Waals surface area contributed by atoms with Crippen molar-refractivity contribution in [3.8, 4) is 5.69 Å². The van der Waals surface area contributed by atoms with Gasteiger partial charge in [-0.2, -0.15) is 5.10 Å². The number of benzene rings is 1. The highest BCUT2D eigenvalue weighted by Gasteiger charge is 2.07. The third-order valence-electron chi connectivity index (χ3n) is 2.75. The molecular formula is C13H16ClN3. The van der Waals surface area contributed by atoms with Crippen molar-refractivity contribution in [1.82, 2.24) is 15.1 Å². The Hall–Kier alpha value is -1.32. The second-order valence-electron chi connectivity index (χ2n) is 3.92. The van der Waals surface area contributed by atoms with Crippen molar-refractivity contribution >= 4 is 11.6 Å². The van der Waals surface area contributed by atoms with E-state index in [-0.39, 0.29) is 0 Å². The largest absolute Gasteiger partial charge is 0.313 e. The van der Waals surface area contributed by atoms with E-state index in [4.69, 9.17) is 11.6 Å².